The number of benzene rings is 1. The Balaban J connectivity index is 2.88. The van der Waals surface area contributed by atoms with Crippen molar-refractivity contribution < 1.29 is 8.42 Å². The van der Waals surface area contributed by atoms with Crippen molar-refractivity contribution >= 4 is 15.7 Å². The molecule has 5 heteroatoms. The van der Waals surface area contributed by atoms with E-state index in [4.69, 9.17) is 5.73 Å². The average molecular weight is 256 g/mol. The summed E-state index contributed by atoms with van der Waals surface area (Å²) in [6, 6.07) is 6.47. The van der Waals surface area contributed by atoms with Crippen molar-refractivity contribution in [2.75, 3.05) is 12.3 Å². The monoisotopic (exact) mass is 256 g/mol. The van der Waals surface area contributed by atoms with Crippen molar-refractivity contribution in [3.05, 3.63) is 24.3 Å². The van der Waals surface area contributed by atoms with E-state index in [1.165, 1.54) is 6.07 Å². The molecule has 0 bridgehead atoms. The molecule has 0 fully saturated rings. The Morgan fingerprint density at radius 2 is 1.88 bits per heavy atom. The van der Waals surface area contributed by atoms with Crippen LogP contribution in [0.4, 0.5) is 5.69 Å². The van der Waals surface area contributed by atoms with Gasteiger partial charge in [0.1, 0.15) is 4.90 Å². The Morgan fingerprint density at radius 1 is 1.29 bits per heavy atom. The number of hydrogen-bond donors (Lipinski definition) is 2. The molecule has 0 unspecified atom stereocenters. The minimum Gasteiger partial charge on any atom is -0.398 e. The highest BCUT2D eigenvalue weighted by atomic mass is 32.2. The number of sulfonamides is 1. The van der Waals surface area contributed by atoms with E-state index in [0.29, 0.717) is 6.54 Å². The minimum absolute atomic E-state index is 0.0589. The van der Waals surface area contributed by atoms with Crippen LogP contribution < -0.4 is 10.5 Å². The minimum atomic E-state index is -3.51. The lowest BCUT2D eigenvalue weighted by molar-refractivity contribution is 0.350. The number of nitrogens with two attached hydrogens (primary N) is 1. The normalized spacial score (nSPS) is 12.6. The lowest BCUT2D eigenvalue weighted by Gasteiger charge is -2.23. The summed E-state index contributed by atoms with van der Waals surface area (Å²) in [5, 5.41) is 0. The Kier molecular flexibility index (Phi) is 4.16. The maximum atomic E-state index is 12.0. The summed E-state index contributed by atoms with van der Waals surface area (Å²) in [4.78, 5) is 0.145. The molecule has 0 heterocycles. The molecule has 0 amide bonds. The summed E-state index contributed by atoms with van der Waals surface area (Å²) >= 11 is 0. The first kappa shape index (κ1) is 14.0. The first-order valence-electron chi connectivity index (χ1n) is 5.63. The van der Waals surface area contributed by atoms with Crippen LogP contribution in [0.15, 0.2) is 29.2 Å². The SMILES string of the molecule is CCC(C)(C)CNS(=O)(=O)c1ccccc1N. The summed E-state index contributed by atoms with van der Waals surface area (Å²) in [7, 11) is -3.51. The number of para-hydroxylation sites is 1. The van der Waals surface area contributed by atoms with E-state index in [2.05, 4.69) is 4.72 Å². The maximum absolute atomic E-state index is 12.0. The third-order valence-corrected chi connectivity index (χ3v) is 4.38. The highest BCUT2D eigenvalue weighted by Gasteiger charge is 2.21. The van der Waals surface area contributed by atoms with Gasteiger partial charge in [-0.05, 0) is 24.0 Å². The van der Waals surface area contributed by atoms with E-state index < -0.39 is 10.0 Å². The highest BCUT2D eigenvalue weighted by Crippen LogP contribution is 2.21. The van der Waals surface area contributed by atoms with Gasteiger partial charge in [0, 0.05) is 6.54 Å². The smallest absolute Gasteiger partial charge is 0.242 e. The van der Waals surface area contributed by atoms with Gasteiger partial charge in [-0.2, -0.15) is 0 Å². The lowest BCUT2D eigenvalue weighted by Crippen LogP contribution is -2.33. The number of anilines is 1. The predicted octanol–water partition coefficient (Wildman–Crippen LogP) is 1.98. The van der Waals surface area contributed by atoms with Crippen LogP contribution in [0.3, 0.4) is 0 Å². The fourth-order valence-corrected chi connectivity index (χ4v) is 2.59. The molecular weight excluding hydrogens is 236 g/mol. The Bertz CT molecular complexity index is 481. The first-order chi connectivity index (χ1) is 7.78. The molecule has 0 saturated heterocycles. The predicted molar refractivity (Wildman–Crippen MR) is 70.1 cm³/mol. The van der Waals surface area contributed by atoms with E-state index in [-0.39, 0.29) is 16.0 Å². The van der Waals surface area contributed by atoms with Crippen molar-refractivity contribution in [1.82, 2.24) is 4.72 Å². The van der Waals surface area contributed by atoms with Crippen molar-refractivity contribution in [1.29, 1.82) is 0 Å². The molecule has 1 aromatic rings. The molecule has 0 saturated carbocycles. The standard InChI is InChI=1S/C12H20N2O2S/c1-4-12(2,3)9-14-17(15,16)11-8-6-5-7-10(11)13/h5-8,14H,4,9,13H2,1-3H3. The molecule has 4 nitrogen and oxygen atoms in total. The topological polar surface area (TPSA) is 72.2 Å². The van der Waals surface area contributed by atoms with Gasteiger partial charge in [-0.1, -0.05) is 32.9 Å². The summed E-state index contributed by atoms with van der Waals surface area (Å²) in [6.45, 7) is 6.47. The van der Waals surface area contributed by atoms with Gasteiger partial charge in [0.25, 0.3) is 0 Å². The zero-order valence-corrected chi connectivity index (χ0v) is 11.3. The van der Waals surface area contributed by atoms with Gasteiger partial charge in [0.15, 0.2) is 0 Å². The molecule has 0 atom stereocenters. The van der Waals surface area contributed by atoms with E-state index >= 15 is 0 Å². The lowest BCUT2D eigenvalue weighted by atomic mass is 9.91. The molecule has 96 valence electrons. The average Bonchev–Trinajstić information content (AvgIpc) is 2.27. The molecule has 1 aromatic carbocycles. The summed E-state index contributed by atoms with van der Waals surface area (Å²) in [6.07, 6.45) is 0.903. The van der Waals surface area contributed by atoms with Gasteiger partial charge in [-0.25, -0.2) is 13.1 Å². The first-order valence-corrected chi connectivity index (χ1v) is 7.11. The zero-order valence-electron chi connectivity index (χ0n) is 10.5. The molecule has 0 aliphatic heterocycles. The van der Waals surface area contributed by atoms with Gasteiger partial charge < -0.3 is 5.73 Å². The fourth-order valence-electron chi connectivity index (χ4n) is 1.22. The summed E-state index contributed by atoms with van der Waals surface area (Å²) in [5.74, 6) is 0. The van der Waals surface area contributed by atoms with Crippen LogP contribution in [0.1, 0.15) is 27.2 Å². The quantitative estimate of drug-likeness (QED) is 0.791. The molecule has 17 heavy (non-hydrogen) atoms. The van der Waals surface area contributed by atoms with E-state index in [0.717, 1.165) is 6.42 Å². The van der Waals surface area contributed by atoms with Crippen molar-refractivity contribution in [3.63, 3.8) is 0 Å². The molecule has 1 rings (SSSR count). The number of nitrogens with one attached hydrogen (secondary N) is 1. The van der Waals surface area contributed by atoms with Crippen LogP contribution in [0.5, 0.6) is 0 Å². The largest absolute Gasteiger partial charge is 0.398 e. The van der Waals surface area contributed by atoms with Crippen LogP contribution in [0.2, 0.25) is 0 Å². The van der Waals surface area contributed by atoms with E-state index in [1.54, 1.807) is 18.2 Å². The van der Waals surface area contributed by atoms with Gasteiger partial charge in [-0.3, -0.25) is 0 Å². The van der Waals surface area contributed by atoms with Crippen molar-refractivity contribution in [2.45, 2.75) is 32.1 Å². The Morgan fingerprint density at radius 3 is 2.41 bits per heavy atom. The molecule has 0 aromatic heterocycles. The summed E-state index contributed by atoms with van der Waals surface area (Å²) in [5.41, 5.74) is 5.87. The summed E-state index contributed by atoms with van der Waals surface area (Å²) < 4.78 is 26.6. The van der Waals surface area contributed by atoms with Crippen LogP contribution >= 0.6 is 0 Å². The number of nitrogen functional groups attached to an aromatic ring is 1. The van der Waals surface area contributed by atoms with Gasteiger partial charge in [-0.15, -0.1) is 0 Å². The van der Waals surface area contributed by atoms with Crippen molar-refractivity contribution in [3.8, 4) is 0 Å². The third-order valence-electron chi connectivity index (χ3n) is 2.91. The molecule has 3 N–H and O–H groups in total. The van der Waals surface area contributed by atoms with Crippen LogP contribution in [0, 0.1) is 5.41 Å². The molecule has 0 radical (unpaired) electrons. The Labute approximate surface area is 103 Å². The number of rotatable bonds is 5. The second-order valence-corrected chi connectivity index (χ2v) is 6.62. The highest BCUT2D eigenvalue weighted by molar-refractivity contribution is 7.89. The van der Waals surface area contributed by atoms with Gasteiger partial charge in [0.05, 0.1) is 5.69 Å². The fraction of sp³-hybridized carbons (Fsp3) is 0.500. The second kappa shape index (κ2) is 5.06. The van der Waals surface area contributed by atoms with E-state index in [1.807, 2.05) is 20.8 Å². The van der Waals surface area contributed by atoms with Crippen LogP contribution in [0.25, 0.3) is 0 Å². The van der Waals surface area contributed by atoms with Crippen molar-refractivity contribution in [2.24, 2.45) is 5.41 Å². The zero-order chi connectivity index (χ0) is 13.1. The Hall–Kier alpha value is -1.07. The molecule has 0 aliphatic rings. The third kappa shape index (κ3) is 3.71. The van der Waals surface area contributed by atoms with Crippen LogP contribution in [-0.2, 0) is 10.0 Å². The van der Waals surface area contributed by atoms with Gasteiger partial charge in [0.2, 0.25) is 10.0 Å². The van der Waals surface area contributed by atoms with Gasteiger partial charge >= 0.3 is 0 Å². The second-order valence-electron chi connectivity index (χ2n) is 4.88. The van der Waals surface area contributed by atoms with E-state index in [9.17, 15) is 8.42 Å². The molecule has 0 aliphatic carbocycles. The van der Waals surface area contributed by atoms with Crippen LogP contribution in [-0.4, -0.2) is 15.0 Å². The maximum Gasteiger partial charge on any atom is 0.242 e. The molecular formula is C12H20N2O2S. The number of hydrogen-bond acceptors (Lipinski definition) is 3. The molecule has 0 spiro atoms.